The standard InChI is InChI=1S/C29H39NO8/c1-7-34-26(31)20(3)21-10-14-23(15-11-21)36-18-9-19-37-24-16-12-22(13-17-24)25(27(32)35-8-2)30-28(33)38-29(4,5)6/h10-17,20,25H,7-9,18-19H2,1-6H3,(H,30,33). The van der Waals surface area contributed by atoms with Gasteiger partial charge in [-0.25, -0.2) is 9.59 Å². The molecule has 0 fully saturated rings. The quantitative estimate of drug-likeness (QED) is 0.211. The Hall–Kier alpha value is -3.75. The van der Waals surface area contributed by atoms with Crippen LogP contribution in [0.4, 0.5) is 4.79 Å². The van der Waals surface area contributed by atoms with E-state index in [4.69, 9.17) is 23.7 Å². The summed E-state index contributed by atoms with van der Waals surface area (Å²) >= 11 is 0. The largest absolute Gasteiger partial charge is 0.493 e. The van der Waals surface area contributed by atoms with Crippen molar-refractivity contribution in [2.45, 2.75) is 65.5 Å². The van der Waals surface area contributed by atoms with Gasteiger partial charge in [-0.1, -0.05) is 24.3 Å². The van der Waals surface area contributed by atoms with E-state index in [0.717, 1.165) is 5.56 Å². The molecular weight excluding hydrogens is 490 g/mol. The van der Waals surface area contributed by atoms with Crippen molar-refractivity contribution in [3.05, 3.63) is 59.7 Å². The molecule has 9 nitrogen and oxygen atoms in total. The molecule has 2 rings (SSSR count). The Kier molecular flexibility index (Phi) is 11.9. The van der Waals surface area contributed by atoms with E-state index in [-0.39, 0.29) is 18.5 Å². The topological polar surface area (TPSA) is 109 Å². The highest BCUT2D eigenvalue weighted by molar-refractivity contribution is 5.83. The number of carbonyl (C=O) groups is 3. The molecule has 0 bridgehead atoms. The van der Waals surface area contributed by atoms with Gasteiger partial charge in [0.2, 0.25) is 0 Å². The second-order valence-corrected chi connectivity index (χ2v) is 9.49. The Bertz CT molecular complexity index is 1030. The van der Waals surface area contributed by atoms with E-state index in [2.05, 4.69) is 5.32 Å². The molecule has 0 heterocycles. The highest BCUT2D eigenvalue weighted by Crippen LogP contribution is 2.22. The maximum atomic E-state index is 12.4. The summed E-state index contributed by atoms with van der Waals surface area (Å²) in [5.41, 5.74) is 0.719. The summed E-state index contributed by atoms with van der Waals surface area (Å²) in [6.45, 7) is 12.0. The maximum absolute atomic E-state index is 12.4. The molecule has 2 aromatic carbocycles. The van der Waals surface area contributed by atoms with Crippen LogP contribution >= 0.6 is 0 Å². The lowest BCUT2D eigenvalue weighted by atomic mass is 10.0. The van der Waals surface area contributed by atoms with Crippen LogP contribution in [-0.2, 0) is 23.8 Å². The minimum atomic E-state index is -1.00. The van der Waals surface area contributed by atoms with E-state index in [1.165, 1.54) is 0 Å². The zero-order chi connectivity index (χ0) is 28.1. The number of ether oxygens (including phenoxy) is 5. The molecule has 1 N–H and O–H groups in total. The van der Waals surface area contributed by atoms with Gasteiger partial charge in [-0.05, 0) is 76.9 Å². The lowest BCUT2D eigenvalue weighted by Crippen LogP contribution is -2.38. The molecule has 2 atom stereocenters. The minimum Gasteiger partial charge on any atom is -0.493 e. The van der Waals surface area contributed by atoms with Gasteiger partial charge in [0, 0.05) is 6.42 Å². The molecular formula is C29H39NO8. The molecule has 208 valence electrons. The first-order valence-corrected chi connectivity index (χ1v) is 12.8. The lowest BCUT2D eigenvalue weighted by molar-refractivity contribution is -0.146. The number of esters is 2. The molecule has 0 aliphatic heterocycles. The van der Waals surface area contributed by atoms with Crippen LogP contribution in [0.25, 0.3) is 0 Å². The molecule has 0 radical (unpaired) electrons. The van der Waals surface area contributed by atoms with Crippen molar-refractivity contribution in [1.82, 2.24) is 5.32 Å². The highest BCUT2D eigenvalue weighted by Gasteiger charge is 2.27. The van der Waals surface area contributed by atoms with Crippen LogP contribution in [0.1, 0.15) is 71.0 Å². The fourth-order valence-corrected chi connectivity index (χ4v) is 3.38. The average molecular weight is 530 g/mol. The molecule has 0 aromatic heterocycles. The summed E-state index contributed by atoms with van der Waals surface area (Å²) in [4.78, 5) is 36.5. The predicted molar refractivity (Wildman–Crippen MR) is 142 cm³/mol. The summed E-state index contributed by atoms with van der Waals surface area (Å²) in [6.07, 6.45) is -0.0620. The Morgan fingerprint density at radius 1 is 0.763 bits per heavy atom. The van der Waals surface area contributed by atoms with E-state index >= 15 is 0 Å². The van der Waals surface area contributed by atoms with Crippen molar-refractivity contribution in [2.75, 3.05) is 26.4 Å². The fourth-order valence-electron chi connectivity index (χ4n) is 3.38. The summed E-state index contributed by atoms with van der Waals surface area (Å²) in [5.74, 6) is 0.168. The molecule has 0 aliphatic rings. The first kappa shape index (κ1) is 30.5. The molecule has 1 amide bonds. The Morgan fingerprint density at radius 2 is 1.24 bits per heavy atom. The Morgan fingerprint density at radius 3 is 1.71 bits per heavy atom. The molecule has 2 aromatic rings. The van der Waals surface area contributed by atoms with E-state index in [9.17, 15) is 14.4 Å². The zero-order valence-electron chi connectivity index (χ0n) is 23.1. The molecule has 0 saturated heterocycles. The summed E-state index contributed by atoms with van der Waals surface area (Å²) < 4.78 is 27.0. The number of nitrogens with one attached hydrogen (secondary N) is 1. The van der Waals surface area contributed by atoms with Crippen LogP contribution < -0.4 is 14.8 Å². The van der Waals surface area contributed by atoms with Gasteiger partial charge in [-0.2, -0.15) is 0 Å². The third-order valence-corrected chi connectivity index (χ3v) is 5.24. The number of hydrogen-bond donors (Lipinski definition) is 1. The van der Waals surface area contributed by atoms with Gasteiger partial charge in [-0.3, -0.25) is 4.79 Å². The van der Waals surface area contributed by atoms with Gasteiger partial charge in [0.15, 0.2) is 6.04 Å². The monoisotopic (exact) mass is 529 g/mol. The Balaban J connectivity index is 1.83. The van der Waals surface area contributed by atoms with Gasteiger partial charge in [0.05, 0.1) is 32.3 Å². The molecule has 2 unspecified atom stereocenters. The van der Waals surface area contributed by atoms with Gasteiger partial charge < -0.3 is 29.0 Å². The van der Waals surface area contributed by atoms with Crippen molar-refractivity contribution < 1.29 is 38.1 Å². The van der Waals surface area contributed by atoms with Crippen LogP contribution in [0.2, 0.25) is 0 Å². The number of benzene rings is 2. The van der Waals surface area contributed by atoms with E-state index < -0.39 is 23.7 Å². The smallest absolute Gasteiger partial charge is 0.408 e. The number of amides is 1. The average Bonchev–Trinajstić information content (AvgIpc) is 2.87. The van der Waals surface area contributed by atoms with E-state index in [0.29, 0.717) is 43.3 Å². The van der Waals surface area contributed by atoms with Gasteiger partial charge >= 0.3 is 18.0 Å². The van der Waals surface area contributed by atoms with Gasteiger partial charge in [-0.15, -0.1) is 0 Å². The van der Waals surface area contributed by atoms with Crippen molar-refractivity contribution in [2.24, 2.45) is 0 Å². The second kappa shape index (κ2) is 14.9. The number of hydrogen-bond acceptors (Lipinski definition) is 8. The van der Waals surface area contributed by atoms with Crippen LogP contribution in [0.3, 0.4) is 0 Å². The van der Waals surface area contributed by atoms with Crippen LogP contribution in [0, 0.1) is 0 Å². The van der Waals surface area contributed by atoms with Crippen molar-refractivity contribution in [3.63, 3.8) is 0 Å². The molecule has 0 spiro atoms. The van der Waals surface area contributed by atoms with Gasteiger partial charge in [0.1, 0.15) is 17.1 Å². The van der Waals surface area contributed by atoms with Crippen molar-refractivity contribution >= 4 is 18.0 Å². The summed E-state index contributed by atoms with van der Waals surface area (Å²) in [7, 11) is 0. The number of carbonyl (C=O) groups excluding carboxylic acids is 3. The number of rotatable bonds is 13. The summed E-state index contributed by atoms with van der Waals surface area (Å²) in [5, 5.41) is 2.57. The van der Waals surface area contributed by atoms with Crippen molar-refractivity contribution in [1.29, 1.82) is 0 Å². The number of alkyl carbamates (subject to hydrolysis) is 1. The second-order valence-electron chi connectivity index (χ2n) is 9.49. The van der Waals surface area contributed by atoms with E-state index in [1.807, 2.05) is 31.2 Å². The first-order chi connectivity index (χ1) is 18.0. The third kappa shape index (κ3) is 10.3. The first-order valence-electron chi connectivity index (χ1n) is 12.8. The lowest BCUT2D eigenvalue weighted by Gasteiger charge is -2.23. The SMILES string of the molecule is CCOC(=O)C(C)c1ccc(OCCCOc2ccc(C(NC(=O)OC(C)(C)C)C(=O)OCC)cc2)cc1. The summed E-state index contributed by atoms with van der Waals surface area (Å²) in [6, 6.07) is 13.2. The highest BCUT2D eigenvalue weighted by atomic mass is 16.6. The normalized spacial score (nSPS) is 12.6. The molecule has 38 heavy (non-hydrogen) atoms. The van der Waals surface area contributed by atoms with Crippen molar-refractivity contribution in [3.8, 4) is 11.5 Å². The van der Waals surface area contributed by atoms with Gasteiger partial charge in [0.25, 0.3) is 0 Å². The van der Waals surface area contributed by atoms with Crippen LogP contribution in [-0.4, -0.2) is 50.1 Å². The molecule has 9 heteroatoms. The minimum absolute atomic E-state index is 0.186. The Labute approximate surface area is 224 Å². The molecule has 0 saturated carbocycles. The predicted octanol–water partition coefficient (Wildman–Crippen LogP) is 5.33. The van der Waals surface area contributed by atoms with Crippen LogP contribution in [0.15, 0.2) is 48.5 Å². The zero-order valence-corrected chi connectivity index (χ0v) is 23.1. The molecule has 0 aliphatic carbocycles. The van der Waals surface area contributed by atoms with Crippen LogP contribution in [0.5, 0.6) is 11.5 Å². The maximum Gasteiger partial charge on any atom is 0.408 e. The third-order valence-electron chi connectivity index (χ3n) is 5.24. The fraction of sp³-hybridized carbons (Fsp3) is 0.483. The van der Waals surface area contributed by atoms with E-state index in [1.54, 1.807) is 58.9 Å².